The van der Waals surface area contributed by atoms with Gasteiger partial charge in [0.05, 0.1) is 18.8 Å². The molecule has 2 aromatic carbocycles. The molecule has 3 N–H and O–H groups in total. The monoisotopic (exact) mass is 439 g/mol. The molecule has 0 unspecified atom stereocenters. The molecule has 0 bridgehead atoms. The second-order valence-electron chi connectivity index (χ2n) is 8.08. The maximum atomic E-state index is 12.9. The highest BCUT2D eigenvalue weighted by Crippen LogP contribution is 2.23. The Morgan fingerprint density at radius 3 is 2.53 bits per heavy atom. The third-order valence-electron chi connectivity index (χ3n) is 5.41. The molecule has 1 saturated heterocycles. The minimum absolute atomic E-state index is 0.154. The van der Waals surface area contributed by atoms with E-state index in [2.05, 4.69) is 20.9 Å². The molecular weight excluding hydrogens is 406 g/mol. The standard InChI is InChI=1S/C24H33N5O3/c1-18-7-4-5-8-21(18)27-24(31)26-19-9-10-22(28(2)3)20(17-19)23(30)25-11-6-12-29-13-15-32-16-14-29/h4-5,7-10,17H,6,11-16H2,1-3H3,(H,25,30)(H2,26,27,31). The van der Waals surface area contributed by atoms with E-state index in [-0.39, 0.29) is 11.9 Å². The largest absolute Gasteiger partial charge is 0.379 e. The molecule has 8 nitrogen and oxygen atoms in total. The summed E-state index contributed by atoms with van der Waals surface area (Å²) in [6.45, 7) is 6.89. The molecule has 2 aromatic rings. The number of carbonyl (C=O) groups excluding carboxylic acids is 2. The summed E-state index contributed by atoms with van der Waals surface area (Å²) in [4.78, 5) is 29.6. The van der Waals surface area contributed by atoms with Gasteiger partial charge in [-0.1, -0.05) is 18.2 Å². The van der Waals surface area contributed by atoms with Crippen LogP contribution >= 0.6 is 0 Å². The number of para-hydroxylation sites is 1. The fourth-order valence-corrected chi connectivity index (χ4v) is 3.61. The second-order valence-corrected chi connectivity index (χ2v) is 8.08. The molecule has 3 amide bonds. The second kappa shape index (κ2) is 11.5. The maximum Gasteiger partial charge on any atom is 0.323 e. The van der Waals surface area contributed by atoms with Gasteiger partial charge >= 0.3 is 6.03 Å². The predicted molar refractivity (Wildman–Crippen MR) is 129 cm³/mol. The first-order valence-electron chi connectivity index (χ1n) is 11.0. The Morgan fingerprint density at radius 1 is 1.06 bits per heavy atom. The highest BCUT2D eigenvalue weighted by molar-refractivity contribution is 6.04. The van der Waals surface area contributed by atoms with Crippen LogP contribution in [-0.4, -0.2) is 70.3 Å². The molecule has 172 valence electrons. The van der Waals surface area contributed by atoms with E-state index < -0.39 is 0 Å². The summed E-state index contributed by atoms with van der Waals surface area (Å²) < 4.78 is 5.36. The summed E-state index contributed by atoms with van der Waals surface area (Å²) in [5.74, 6) is -0.154. The quantitative estimate of drug-likeness (QED) is 0.550. The summed E-state index contributed by atoms with van der Waals surface area (Å²) in [5.41, 5.74) is 3.59. The van der Waals surface area contributed by atoms with Crippen LogP contribution in [-0.2, 0) is 4.74 Å². The first kappa shape index (κ1) is 23.6. The average molecular weight is 440 g/mol. The third kappa shape index (κ3) is 6.70. The molecule has 1 fully saturated rings. The van der Waals surface area contributed by atoms with Crippen molar-refractivity contribution in [2.45, 2.75) is 13.3 Å². The van der Waals surface area contributed by atoms with Gasteiger partial charge in [0.2, 0.25) is 0 Å². The molecule has 1 heterocycles. The van der Waals surface area contributed by atoms with Crippen molar-refractivity contribution >= 4 is 29.0 Å². The van der Waals surface area contributed by atoms with Crippen LogP contribution in [0.3, 0.4) is 0 Å². The fraction of sp³-hybridized carbons (Fsp3) is 0.417. The number of urea groups is 1. The van der Waals surface area contributed by atoms with Crippen molar-refractivity contribution in [3.63, 3.8) is 0 Å². The van der Waals surface area contributed by atoms with Gasteiger partial charge in [-0.05, 0) is 49.7 Å². The summed E-state index contributed by atoms with van der Waals surface area (Å²) >= 11 is 0. The van der Waals surface area contributed by atoms with Gasteiger partial charge in [-0.25, -0.2) is 4.79 Å². The molecule has 0 atom stereocenters. The molecule has 0 spiro atoms. The lowest BCUT2D eigenvalue weighted by molar-refractivity contribution is 0.0374. The van der Waals surface area contributed by atoms with E-state index in [0.29, 0.717) is 17.8 Å². The van der Waals surface area contributed by atoms with Gasteiger partial charge in [0.15, 0.2) is 0 Å². The van der Waals surface area contributed by atoms with Crippen molar-refractivity contribution in [3.05, 3.63) is 53.6 Å². The summed E-state index contributed by atoms with van der Waals surface area (Å²) in [5, 5.41) is 8.68. The van der Waals surface area contributed by atoms with Crippen molar-refractivity contribution in [1.29, 1.82) is 0 Å². The van der Waals surface area contributed by atoms with Crippen molar-refractivity contribution in [3.8, 4) is 0 Å². The van der Waals surface area contributed by atoms with E-state index >= 15 is 0 Å². The SMILES string of the molecule is Cc1ccccc1NC(=O)Nc1ccc(N(C)C)c(C(=O)NCCCN2CCOCC2)c1. The van der Waals surface area contributed by atoms with Crippen molar-refractivity contribution in [2.24, 2.45) is 0 Å². The van der Waals surface area contributed by atoms with Crippen LogP contribution in [0.15, 0.2) is 42.5 Å². The number of nitrogens with one attached hydrogen (secondary N) is 3. The van der Waals surface area contributed by atoms with Crippen LogP contribution in [0.1, 0.15) is 22.3 Å². The number of benzene rings is 2. The molecule has 0 aliphatic carbocycles. The molecule has 3 rings (SSSR count). The topological polar surface area (TPSA) is 85.9 Å². The van der Waals surface area contributed by atoms with Crippen LogP contribution in [0.4, 0.5) is 21.9 Å². The Morgan fingerprint density at radius 2 is 1.81 bits per heavy atom. The zero-order valence-corrected chi connectivity index (χ0v) is 19.1. The van der Waals surface area contributed by atoms with E-state index in [9.17, 15) is 9.59 Å². The lowest BCUT2D eigenvalue weighted by Crippen LogP contribution is -2.38. The Kier molecular flexibility index (Phi) is 8.47. The highest BCUT2D eigenvalue weighted by Gasteiger charge is 2.15. The van der Waals surface area contributed by atoms with Crippen molar-refractivity contribution < 1.29 is 14.3 Å². The number of carbonyl (C=O) groups is 2. The Labute approximate surface area is 189 Å². The summed E-state index contributed by atoms with van der Waals surface area (Å²) in [6, 6.07) is 12.6. The van der Waals surface area contributed by atoms with Crippen molar-refractivity contribution in [2.75, 3.05) is 69.0 Å². The predicted octanol–water partition coefficient (Wildman–Crippen LogP) is 3.16. The van der Waals surface area contributed by atoms with Gasteiger partial charge in [-0.3, -0.25) is 9.69 Å². The minimum atomic E-state index is -0.353. The number of aryl methyl sites for hydroxylation is 1. The lowest BCUT2D eigenvalue weighted by Gasteiger charge is -2.26. The Hall–Kier alpha value is -3.10. The summed E-state index contributed by atoms with van der Waals surface area (Å²) in [7, 11) is 3.78. The van der Waals surface area contributed by atoms with Crippen molar-refractivity contribution in [1.82, 2.24) is 10.2 Å². The minimum Gasteiger partial charge on any atom is -0.379 e. The molecule has 1 aliphatic heterocycles. The third-order valence-corrected chi connectivity index (χ3v) is 5.41. The molecule has 8 heteroatoms. The van der Waals surface area contributed by atoms with Crippen LogP contribution in [0.2, 0.25) is 0 Å². The van der Waals surface area contributed by atoms with Gasteiger partial charge < -0.3 is 25.6 Å². The van der Waals surface area contributed by atoms with E-state index in [1.807, 2.05) is 56.3 Å². The first-order chi connectivity index (χ1) is 15.4. The lowest BCUT2D eigenvalue weighted by atomic mass is 10.1. The number of anilines is 3. The highest BCUT2D eigenvalue weighted by atomic mass is 16.5. The Balaban J connectivity index is 1.59. The van der Waals surface area contributed by atoms with Gasteiger partial charge in [0, 0.05) is 50.8 Å². The summed E-state index contributed by atoms with van der Waals surface area (Å²) in [6.07, 6.45) is 0.875. The van der Waals surface area contributed by atoms with E-state index in [4.69, 9.17) is 4.74 Å². The normalized spacial score (nSPS) is 14.0. The number of hydrogen-bond donors (Lipinski definition) is 3. The molecule has 32 heavy (non-hydrogen) atoms. The smallest absolute Gasteiger partial charge is 0.323 e. The number of rotatable bonds is 8. The number of hydrogen-bond acceptors (Lipinski definition) is 5. The van der Waals surface area contributed by atoms with Gasteiger partial charge in [-0.15, -0.1) is 0 Å². The van der Waals surface area contributed by atoms with Gasteiger partial charge in [-0.2, -0.15) is 0 Å². The molecule has 0 aromatic heterocycles. The molecule has 0 saturated carbocycles. The van der Waals surface area contributed by atoms with Gasteiger partial charge in [0.25, 0.3) is 5.91 Å². The number of ether oxygens (including phenoxy) is 1. The van der Waals surface area contributed by atoms with E-state index in [1.165, 1.54) is 0 Å². The zero-order chi connectivity index (χ0) is 22.9. The number of amides is 3. The van der Waals surface area contributed by atoms with Crippen LogP contribution in [0.25, 0.3) is 0 Å². The Bertz CT molecular complexity index is 926. The first-order valence-corrected chi connectivity index (χ1v) is 11.0. The molecule has 0 radical (unpaired) electrons. The molecule has 1 aliphatic rings. The van der Waals surface area contributed by atoms with Crippen LogP contribution in [0, 0.1) is 6.92 Å². The number of nitrogens with zero attached hydrogens (tertiary/aromatic N) is 2. The molecular formula is C24H33N5O3. The maximum absolute atomic E-state index is 12.9. The van der Waals surface area contributed by atoms with E-state index in [1.54, 1.807) is 12.1 Å². The van der Waals surface area contributed by atoms with Gasteiger partial charge in [0.1, 0.15) is 0 Å². The van der Waals surface area contributed by atoms with Crippen LogP contribution in [0.5, 0.6) is 0 Å². The zero-order valence-electron chi connectivity index (χ0n) is 19.1. The average Bonchev–Trinajstić information content (AvgIpc) is 2.78. The van der Waals surface area contributed by atoms with E-state index in [0.717, 1.165) is 56.2 Å². The van der Waals surface area contributed by atoms with Crippen LogP contribution < -0.4 is 20.9 Å². The number of morpholine rings is 1. The fourth-order valence-electron chi connectivity index (χ4n) is 3.61.